The van der Waals surface area contributed by atoms with Crippen molar-refractivity contribution in [1.82, 2.24) is 10.2 Å². The molecule has 0 fully saturated rings. The molecule has 1 unspecified atom stereocenters. The number of carbonyl (C=O) groups is 2. The quantitative estimate of drug-likeness (QED) is 0.385. The summed E-state index contributed by atoms with van der Waals surface area (Å²) in [6.07, 6.45) is 0. The molecule has 8 heteroatoms. The fraction of sp³-hybridized carbons (Fsp3) is 0.346. The van der Waals surface area contributed by atoms with Crippen LogP contribution in [0.2, 0.25) is 0 Å². The molecule has 7 nitrogen and oxygen atoms in total. The Hall–Kier alpha value is -3.39. The molecule has 1 aliphatic heterocycles. The Morgan fingerprint density at radius 2 is 1.76 bits per heavy atom. The van der Waals surface area contributed by atoms with Gasteiger partial charge in [0.2, 0.25) is 0 Å². The van der Waals surface area contributed by atoms with Crippen molar-refractivity contribution in [2.24, 2.45) is 5.92 Å². The summed E-state index contributed by atoms with van der Waals surface area (Å²) in [5, 5.41) is 9.50. The van der Waals surface area contributed by atoms with E-state index in [2.05, 4.69) is 16.0 Å². The lowest BCUT2D eigenvalue weighted by Gasteiger charge is -2.35. The molecule has 0 aromatic heterocycles. The molecule has 0 bridgehead atoms. The third-order valence-corrected chi connectivity index (χ3v) is 6.27. The standard InChI is InChI=1S/C26H32N4O3S/c1-15(2)14-33-24(31)22-18(5)30(6)26(34)29-23(22)19-10-12-20(13-11-19)27-25(32)28-21-9-7-8-16(3)17(21)4/h7-13,15,23H,14H2,1-6H3,(H,29,34)(H2,27,28,32). The van der Waals surface area contributed by atoms with Gasteiger partial charge in [-0.15, -0.1) is 0 Å². The Labute approximate surface area is 206 Å². The van der Waals surface area contributed by atoms with E-state index in [-0.39, 0.29) is 17.9 Å². The Bertz CT molecular complexity index is 1130. The molecular weight excluding hydrogens is 448 g/mol. The molecule has 180 valence electrons. The molecule has 2 aromatic rings. The van der Waals surface area contributed by atoms with Crippen molar-refractivity contribution in [3.05, 3.63) is 70.4 Å². The molecule has 1 atom stereocenters. The fourth-order valence-electron chi connectivity index (χ4n) is 3.60. The van der Waals surface area contributed by atoms with Crippen molar-refractivity contribution >= 4 is 40.7 Å². The molecule has 3 rings (SSSR count). The van der Waals surface area contributed by atoms with Gasteiger partial charge in [-0.05, 0) is 73.8 Å². The van der Waals surface area contributed by atoms with Crippen LogP contribution in [0.4, 0.5) is 16.2 Å². The Morgan fingerprint density at radius 1 is 1.09 bits per heavy atom. The molecule has 0 radical (unpaired) electrons. The molecule has 34 heavy (non-hydrogen) atoms. The summed E-state index contributed by atoms with van der Waals surface area (Å²) in [6.45, 7) is 10.2. The first-order chi connectivity index (χ1) is 16.1. The zero-order chi connectivity index (χ0) is 25.0. The number of urea groups is 1. The monoisotopic (exact) mass is 480 g/mol. The molecule has 0 aliphatic carbocycles. The van der Waals surface area contributed by atoms with Crippen molar-refractivity contribution in [2.75, 3.05) is 24.3 Å². The van der Waals surface area contributed by atoms with Crippen molar-refractivity contribution in [1.29, 1.82) is 0 Å². The number of aryl methyl sites for hydroxylation is 1. The van der Waals surface area contributed by atoms with E-state index in [0.29, 0.717) is 23.0 Å². The molecule has 2 aromatic carbocycles. The van der Waals surface area contributed by atoms with Crippen LogP contribution < -0.4 is 16.0 Å². The summed E-state index contributed by atoms with van der Waals surface area (Å²) < 4.78 is 5.53. The number of carbonyl (C=O) groups excluding carboxylic acids is 2. The second-order valence-corrected chi connectivity index (χ2v) is 9.27. The van der Waals surface area contributed by atoms with E-state index in [1.807, 2.05) is 72.0 Å². The molecule has 0 saturated heterocycles. The van der Waals surface area contributed by atoms with Gasteiger partial charge in [0, 0.05) is 24.1 Å². The summed E-state index contributed by atoms with van der Waals surface area (Å²) in [4.78, 5) is 27.2. The lowest BCUT2D eigenvalue weighted by molar-refractivity contribution is -0.140. The average molecular weight is 481 g/mol. The highest BCUT2D eigenvalue weighted by molar-refractivity contribution is 7.80. The average Bonchev–Trinajstić information content (AvgIpc) is 2.79. The van der Waals surface area contributed by atoms with Gasteiger partial charge in [0.15, 0.2) is 5.11 Å². The Balaban J connectivity index is 1.77. The second kappa shape index (κ2) is 10.7. The number of ether oxygens (including phenoxy) is 1. The maximum atomic E-state index is 12.9. The van der Waals surface area contributed by atoms with E-state index in [4.69, 9.17) is 17.0 Å². The van der Waals surface area contributed by atoms with E-state index < -0.39 is 6.04 Å². The fourth-order valence-corrected chi connectivity index (χ4v) is 3.85. The SMILES string of the molecule is CC1=C(C(=O)OCC(C)C)C(c2ccc(NC(=O)Nc3cccc(C)c3C)cc2)NC(=S)N1C. The predicted molar refractivity (Wildman–Crippen MR) is 140 cm³/mol. The number of hydrogen-bond acceptors (Lipinski definition) is 4. The van der Waals surface area contributed by atoms with Crippen molar-refractivity contribution in [3.63, 3.8) is 0 Å². The van der Waals surface area contributed by atoms with Crippen LogP contribution in [0.3, 0.4) is 0 Å². The third-order valence-electron chi connectivity index (χ3n) is 5.88. The highest BCUT2D eigenvalue weighted by Crippen LogP contribution is 2.31. The van der Waals surface area contributed by atoms with E-state index in [1.54, 1.807) is 17.0 Å². The number of esters is 1. The molecule has 1 aliphatic rings. The number of hydrogen-bond donors (Lipinski definition) is 3. The molecular formula is C26H32N4O3S. The summed E-state index contributed by atoms with van der Waals surface area (Å²) in [7, 11) is 1.82. The highest BCUT2D eigenvalue weighted by atomic mass is 32.1. The minimum atomic E-state index is -0.443. The first kappa shape index (κ1) is 25.2. The topological polar surface area (TPSA) is 82.7 Å². The minimum Gasteiger partial charge on any atom is -0.462 e. The summed E-state index contributed by atoms with van der Waals surface area (Å²) in [6, 6.07) is 12.3. The van der Waals surface area contributed by atoms with Crippen LogP contribution in [0, 0.1) is 19.8 Å². The van der Waals surface area contributed by atoms with E-state index in [1.165, 1.54) is 0 Å². The number of benzene rings is 2. The lowest BCUT2D eigenvalue weighted by Crippen LogP contribution is -2.46. The number of rotatable bonds is 6. The van der Waals surface area contributed by atoms with Gasteiger partial charge >= 0.3 is 12.0 Å². The molecule has 2 amide bonds. The molecule has 0 saturated carbocycles. The zero-order valence-corrected chi connectivity index (χ0v) is 21.3. The van der Waals surface area contributed by atoms with Gasteiger partial charge in [-0.3, -0.25) is 0 Å². The largest absolute Gasteiger partial charge is 0.462 e. The summed E-state index contributed by atoms with van der Waals surface area (Å²) in [5.41, 5.74) is 5.64. The highest BCUT2D eigenvalue weighted by Gasteiger charge is 2.33. The van der Waals surface area contributed by atoms with Gasteiger partial charge in [0.1, 0.15) is 0 Å². The van der Waals surface area contributed by atoms with E-state index >= 15 is 0 Å². The van der Waals surface area contributed by atoms with Crippen LogP contribution in [0.1, 0.15) is 43.5 Å². The molecule has 3 N–H and O–H groups in total. The van der Waals surface area contributed by atoms with E-state index in [0.717, 1.165) is 28.1 Å². The maximum absolute atomic E-state index is 12.9. The maximum Gasteiger partial charge on any atom is 0.338 e. The van der Waals surface area contributed by atoms with Crippen LogP contribution >= 0.6 is 12.2 Å². The normalized spacial score (nSPS) is 15.8. The van der Waals surface area contributed by atoms with Crippen LogP contribution in [0.25, 0.3) is 0 Å². The smallest absolute Gasteiger partial charge is 0.338 e. The van der Waals surface area contributed by atoms with Gasteiger partial charge in [0.25, 0.3) is 0 Å². The zero-order valence-electron chi connectivity index (χ0n) is 20.5. The number of allylic oxidation sites excluding steroid dienone is 1. The van der Waals surface area contributed by atoms with Crippen LogP contribution in [0.15, 0.2) is 53.7 Å². The van der Waals surface area contributed by atoms with Gasteiger partial charge in [-0.1, -0.05) is 38.1 Å². The first-order valence-corrected chi connectivity index (χ1v) is 11.7. The first-order valence-electron chi connectivity index (χ1n) is 11.2. The van der Waals surface area contributed by atoms with Crippen LogP contribution in [0.5, 0.6) is 0 Å². The Morgan fingerprint density at radius 3 is 2.41 bits per heavy atom. The number of nitrogens with zero attached hydrogens (tertiary/aromatic N) is 1. The molecule has 0 spiro atoms. The van der Waals surface area contributed by atoms with Gasteiger partial charge in [-0.25, -0.2) is 9.59 Å². The minimum absolute atomic E-state index is 0.235. The van der Waals surface area contributed by atoms with Gasteiger partial charge in [0.05, 0.1) is 18.2 Å². The second-order valence-electron chi connectivity index (χ2n) is 8.88. The number of anilines is 2. The molecule has 1 heterocycles. The van der Waals surface area contributed by atoms with Gasteiger partial charge < -0.3 is 25.6 Å². The number of nitrogens with one attached hydrogen (secondary N) is 3. The number of thiocarbonyl (C=S) groups is 1. The lowest BCUT2D eigenvalue weighted by atomic mass is 9.95. The van der Waals surface area contributed by atoms with Crippen molar-refractivity contribution in [2.45, 2.75) is 40.7 Å². The predicted octanol–water partition coefficient (Wildman–Crippen LogP) is 5.28. The van der Waals surface area contributed by atoms with Gasteiger partial charge in [-0.2, -0.15) is 0 Å². The van der Waals surface area contributed by atoms with Crippen LogP contribution in [-0.2, 0) is 9.53 Å². The van der Waals surface area contributed by atoms with Crippen LogP contribution in [-0.4, -0.2) is 35.7 Å². The third kappa shape index (κ3) is 5.75. The summed E-state index contributed by atoms with van der Waals surface area (Å²) >= 11 is 5.46. The Kier molecular flexibility index (Phi) is 7.94. The van der Waals surface area contributed by atoms with E-state index in [9.17, 15) is 9.59 Å². The summed E-state index contributed by atoms with van der Waals surface area (Å²) in [5.74, 6) is -0.132. The number of amides is 2. The van der Waals surface area contributed by atoms with Crippen molar-refractivity contribution < 1.29 is 14.3 Å². The van der Waals surface area contributed by atoms with Crippen molar-refractivity contribution in [3.8, 4) is 0 Å².